The Hall–Kier alpha value is -3.14. The number of benzene rings is 2. The van der Waals surface area contributed by atoms with Crippen LogP contribution in [0.4, 0.5) is 10.1 Å². The van der Waals surface area contributed by atoms with Gasteiger partial charge in [-0.1, -0.05) is 19.1 Å². The maximum atomic E-state index is 13.4. The van der Waals surface area contributed by atoms with Crippen LogP contribution >= 0.6 is 0 Å². The number of anilines is 1. The van der Waals surface area contributed by atoms with Crippen molar-refractivity contribution in [2.24, 2.45) is 0 Å². The molecule has 1 N–H and O–H groups in total. The number of rotatable bonds is 12. The molecular formula is C24H32FN3O5S. The molecule has 8 nitrogen and oxygen atoms in total. The predicted molar refractivity (Wildman–Crippen MR) is 130 cm³/mol. The Kier molecular flexibility index (Phi) is 9.85. The molecule has 1 atom stereocenters. The monoisotopic (exact) mass is 493 g/mol. The predicted octanol–water partition coefficient (Wildman–Crippen LogP) is 2.93. The molecular weight excluding hydrogens is 461 g/mol. The van der Waals surface area contributed by atoms with Gasteiger partial charge in [-0.3, -0.25) is 13.9 Å². The van der Waals surface area contributed by atoms with E-state index >= 15 is 0 Å². The van der Waals surface area contributed by atoms with Crippen molar-refractivity contribution in [3.8, 4) is 5.75 Å². The van der Waals surface area contributed by atoms with Crippen LogP contribution in [0.25, 0.3) is 0 Å². The molecule has 0 saturated heterocycles. The van der Waals surface area contributed by atoms with Gasteiger partial charge < -0.3 is 15.0 Å². The van der Waals surface area contributed by atoms with Gasteiger partial charge in [0.1, 0.15) is 24.2 Å². The van der Waals surface area contributed by atoms with Crippen LogP contribution in [-0.2, 0) is 26.2 Å². The number of carbonyl (C=O) groups excluding carboxylic acids is 2. The van der Waals surface area contributed by atoms with Crippen molar-refractivity contribution in [1.29, 1.82) is 0 Å². The van der Waals surface area contributed by atoms with Gasteiger partial charge in [0.05, 0.1) is 18.6 Å². The van der Waals surface area contributed by atoms with Crippen molar-refractivity contribution in [3.63, 3.8) is 0 Å². The lowest BCUT2D eigenvalue weighted by Gasteiger charge is -2.31. The molecule has 0 aliphatic rings. The number of halogens is 1. The van der Waals surface area contributed by atoms with Gasteiger partial charge in [-0.2, -0.15) is 0 Å². The molecule has 2 aromatic carbocycles. The highest BCUT2D eigenvalue weighted by Gasteiger charge is 2.30. The third-order valence-corrected chi connectivity index (χ3v) is 6.24. The minimum absolute atomic E-state index is 0.0146. The molecule has 2 rings (SSSR count). The number of nitrogens with one attached hydrogen (secondary N) is 1. The standard InChI is InChI=1S/C24H32FN3O5S/c1-5-15-26-24(30)18(3)27(16-19-7-9-20(25)10-8-19)23(29)17-28(34(4,31)32)21-11-13-22(14-12-21)33-6-2/h7-14,18H,5-6,15-17H2,1-4H3,(H,26,30). The van der Waals surface area contributed by atoms with Crippen molar-refractivity contribution in [3.05, 3.63) is 59.9 Å². The van der Waals surface area contributed by atoms with E-state index in [1.807, 2.05) is 13.8 Å². The maximum Gasteiger partial charge on any atom is 0.244 e. The summed E-state index contributed by atoms with van der Waals surface area (Å²) in [7, 11) is -3.82. The van der Waals surface area contributed by atoms with Gasteiger partial charge in [0.2, 0.25) is 21.8 Å². The summed E-state index contributed by atoms with van der Waals surface area (Å²) in [4.78, 5) is 27.3. The molecule has 0 aliphatic heterocycles. The summed E-state index contributed by atoms with van der Waals surface area (Å²) < 4.78 is 44.8. The fourth-order valence-corrected chi connectivity index (χ4v) is 4.10. The highest BCUT2D eigenvalue weighted by molar-refractivity contribution is 7.92. The topological polar surface area (TPSA) is 96.0 Å². The van der Waals surface area contributed by atoms with Gasteiger partial charge in [0.15, 0.2) is 0 Å². The summed E-state index contributed by atoms with van der Waals surface area (Å²) >= 11 is 0. The average molecular weight is 494 g/mol. The first-order chi connectivity index (χ1) is 16.1. The second-order valence-electron chi connectivity index (χ2n) is 7.81. The van der Waals surface area contributed by atoms with Crippen LogP contribution < -0.4 is 14.4 Å². The molecule has 2 aromatic rings. The first-order valence-corrected chi connectivity index (χ1v) is 12.9. The number of carbonyl (C=O) groups is 2. The number of sulfonamides is 1. The second-order valence-corrected chi connectivity index (χ2v) is 9.72. The van der Waals surface area contributed by atoms with Gasteiger partial charge >= 0.3 is 0 Å². The van der Waals surface area contributed by atoms with Crippen LogP contribution in [0.15, 0.2) is 48.5 Å². The van der Waals surface area contributed by atoms with Crippen LogP contribution in [0, 0.1) is 5.82 Å². The molecule has 0 fully saturated rings. The summed E-state index contributed by atoms with van der Waals surface area (Å²) in [5.41, 5.74) is 0.904. The molecule has 0 heterocycles. The van der Waals surface area contributed by atoms with Crippen molar-refractivity contribution in [2.75, 3.05) is 30.3 Å². The molecule has 0 aliphatic carbocycles. The Labute approximate surface area is 200 Å². The van der Waals surface area contributed by atoms with Crippen molar-refractivity contribution in [2.45, 2.75) is 39.8 Å². The Morgan fingerprint density at radius 1 is 1.06 bits per heavy atom. The molecule has 2 amide bonds. The smallest absolute Gasteiger partial charge is 0.244 e. The van der Waals surface area contributed by atoms with Gasteiger partial charge in [0, 0.05) is 13.1 Å². The van der Waals surface area contributed by atoms with Crippen molar-refractivity contribution < 1.29 is 27.1 Å². The highest BCUT2D eigenvalue weighted by Crippen LogP contribution is 2.22. The normalized spacial score (nSPS) is 12.0. The van der Waals surface area contributed by atoms with Crippen molar-refractivity contribution in [1.82, 2.24) is 10.2 Å². The molecule has 0 saturated carbocycles. The van der Waals surface area contributed by atoms with E-state index in [1.54, 1.807) is 31.2 Å². The number of nitrogens with zero attached hydrogens (tertiary/aromatic N) is 2. The molecule has 1 unspecified atom stereocenters. The Bertz CT molecular complexity index is 1060. The zero-order valence-electron chi connectivity index (χ0n) is 20.0. The zero-order chi connectivity index (χ0) is 25.3. The highest BCUT2D eigenvalue weighted by atomic mass is 32.2. The summed E-state index contributed by atoms with van der Waals surface area (Å²) in [5, 5.41) is 2.76. The molecule has 0 radical (unpaired) electrons. The average Bonchev–Trinajstić information content (AvgIpc) is 2.80. The van der Waals surface area contributed by atoms with Crippen LogP contribution in [0.5, 0.6) is 5.75 Å². The number of amides is 2. The van der Waals surface area contributed by atoms with E-state index in [2.05, 4.69) is 5.32 Å². The number of hydrogen-bond donors (Lipinski definition) is 1. The molecule has 0 bridgehead atoms. The number of hydrogen-bond acceptors (Lipinski definition) is 5. The third-order valence-electron chi connectivity index (χ3n) is 5.10. The third kappa shape index (κ3) is 7.72. The fraction of sp³-hybridized carbons (Fsp3) is 0.417. The number of ether oxygens (including phenoxy) is 1. The van der Waals surface area contributed by atoms with Crippen LogP contribution in [-0.4, -0.2) is 57.1 Å². The van der Waals surface area contributed by atoms with E-state index in [9.17, 15) is 22.4 Å². The van der Waals surface area contributed by atoms with E-state index in [1.165, 1.54) is 29.2 Å². The summed E-state index contributed by atoms with van der Waals surface area (Å²) in [6, 6.07) is 11.1. The van der Waals surface area contributed by atoms with E-state index in [0.717, 1.165) is 17.0 Å². The van der Waals surface area contributed by atoms with Gasteiger partial charge in [-0.25, -0.2) is 12.8 Å². The quantitative estimate of drug-likeness (QED) is 0.491. The minimum atomic E-state index is -3.82. The SMILES string of the molecule is CCCNC(=O)C(C)N(Cc1ccc(F)cc1)C(=O)CN(c1ccc(OCC)cc1)S(C)(=O)=O. The van der Waals surface area contributed by atoms with Crippen LogP contribution in [0.1, 0.15) is 32.8 Å². The Balaban J connectivity index is 2.33. The summed E-state index contributed by atoms with van der Waals surface area (Å²) in [5.74, 6) is -0.772. The minimum Gasteiger partial charge on any atom is -0.494 e. The molecule has 0 spiro atoms. The molecule has 186 valence electrons. The largest absolute Gasteiger partial charge is 0.494 e. The van der Waals surface area contributed by atoms with E-state index < -0.39 is 34.3 Å². The van der Waals surface area contributed by atoms with Gasteiger partial charge in [-0.15, -0.1) is 0 Å². The van der Waals surface area contributed by atoms with E-state index in [0.29, 0.717) is 30.2 Å². The van der Waals surface area contributed by atoms with Crippen molar-refractivity contribution >= 4 is 27.5 Å². The van der Waals surface area contributed by atoms with Gasteiger partial charge in [0.25, 0.3) is 0 Å². The lowest BCUT2D eigenvalue weighted by atomic mass is 10.1. The Morgan fingerprint density at radius 2 is 1.68 bits per heavy atom. The lowest BCUT2D eigenvalue weighted by molar-refractivity contribution is -0.139. The van der Waals surface area contributed by atoms with E-state index in [4.69, 9.17) is 4.74 Å². The van der Waals surface area contributed by atoms with E-state index in [-0.39, 0.29) is 12.5 Å². The molecule has 0 aromatic heterocycles. The molecule has 10 heteroatoms. The first kappa shape index (κ1) is 27.1. The summed E-state index contributed by atoms with van der Waals surface area (Å²) in [6.07, 6.45) is 1.74. The summed E-state index contributed by atoms with van der Waals surface area (Å²) in [6.45, 7) is 5.75. The zero-order valence-corrected chi connectivity index (χ0v) is 20.8. The second kappa shape index (κ2) is 12.4. The maximum absolute atomic E-state index is 13.4. The van der Waals surface area contributed by atoms with Crippen LogP contribution in [0.3, 0.4) is 0 Å². The van der Waals surface area contributed by atoms with Gasteiger partial charge in [-0.05, 0) is 62.2 Å². The first-order valence-electron chi connectivity index (χ1n) is 11.1. The fourth-order valence-electron chi connectivity index (χ4n) is 3.25. The Morgan fingerprint density at radius 3 is 2.21 bits per heavy atom. The molecule has 34 heavy (non-hydrogen) atoms. The van der Waals surface area contributed by atoms with Crippen LogP contribution in [0.2, 0.25) is 0 Å². The lowest BCUT2D eigenvalue weighted by Crippen LogP contribution is -2.51.